The molecule has 1 fully saturated rings. The summed E-state index contributed by atoms with van der Waals surface area (Å²) < 4.78 is 0. The van der Waals surface area contributed by atoms with Gasteiger partial charge in [-0.2, -0.15) is 5.26 Å². The Morgan fingerprint density at radius 3 is 2.46 bits per heavy atom. The van der Waals surface area contributed by atoms with Crippen LogP contribution in [0.5, 0.6) is 0 Å². The fourth-order valence-electron chi connectivity index (χ4n) is 2.97. The van der Waals surface area contributed by atoms with Crippen LogP contribution in [0.15, 0.2) is 48.5 Å². The zero-order chi connectivity index (χ0) is 16.9. The van der Waals surface area contributed by atoms with Crippen molar-refractivity contribution in [2.45, 2.75) is 13.5 Å². The van der Waals surface area contributed by atoms with Gasteiger partial charge in [0, 0.05) is 38.3 Å². The molecule has 4 nitrogen and oxygen atoms in total. The number of benzene rings is 2. The summed E-state index contributed by atoms with van der Waals surface area (Å²) in [6, 6.07) is 17.6. The number of hydrogen-bond donors (Lipinski definition) is 0. The first kappa shape index (κ1) is 16.2. The minimum absolute atomic E-state index is 0.0158. The van der Waals surface area contributed by atoms with Crippen molar-refractivity contribution < 1.29 is 4.79 Å². The quantitative estimate of drug-likeness (QED) is 0.874. The first-order valence-electron chi connectivity index (χ1n) is 8.23. The number of carbonyl (C=O) groups is 1. The molecule has 122 valence electrons. The van der Waals surface area contributed by atoms with Crippen LogP contribution in [0.1, 0.15) is 27.0 Å². The molecule has 1 aliphatic rings. The van der Waals surface area contributed by atoms with E-state index >= 15 is 0 Å². The van der Waals surface area contributed by atoms with Crippen molar-refractivity contribution in [2.75, 3.05) is 26.2 Å². The van der Waals surface area contributed by atoms with E-state index in [1.807, 2.05) is 4.90 Å². The second-order valence-electron chi connectivity index (χ2n) is 6.25. The molecule has 1 amide bonds. The van der Waals surface area contributed by atoms with Gasteiger partial charge < -0.3 is 4.90 Å². The third-order valence-corrected chi connectivity index (χ3v) is 4.42. The molecule has 0 saturated carbocycles. The van der Waals surface area contributed by atoms with E-state index < -0.39 is 0 Å². The second-order valence-corrected chi connectivity index (χ2v) is 6.25. The van der Waals surface area contributed by atoms with Crippen LogP contribution in [-0.2, 0) is 6.54 Å². The van der Waals surface area contributed by atoms with E-state index in [0.29, 0.717) is 11.1 Å². The van der Waals surface area contributed by atoms with Gasteiger partial charge in [0.1, 0.15) is 0 Å². The van der Waals surface area contributed by atoms with E-state index in [1.54, 1.807) is 24.3 Å². The molecule has 2 aromatic rings. The van der Waals surface area contributed by atoms with Crippen molar-refractivity contribution in [1.29, 1.82) is 5.26 Å². The number of nitrogens with zero attached hydrogens (tertiary/aromatic N) is 3. The van der Waals surface area contributed by atoms with E-state index in [2.05, 4.69) is 42.2 Å². The summed E-state index contributed by atoms with van der Waals surface area (Å²) in [5, 5.41) is 8.96. The Morgan fingerprint density at radius 2 is 1.79 bits per heavy atom. The molecule has 0 radical (unpaired) electrons. The first-order valence-corrected chi connectivity index (χ1v) is 8.23. The average Bonchev–Trinajstić information content (AvgIpc) is 2.64. The van der Waals surface area contributed by atoms with Crippen LogP contribution in [-0.4, -0.2) is 41.9 Å². The van der Waals surface area contributed by atoms with Gasteiger partial charge >= 0.3 is 0 Å². The number of amides is 1. The SMILES string of the molecule is Cc1ccc(CN2CCN(C(=O)c3cccc(C#N)c3)CC2)cc1. The average molecular weight is 319 g/mol. The third-order valence-electron chi connectivity index (χ3n) is 4.42. The van der Waals surface area contributed by atoms with Crippen LogP contribution in [0, 0.1) is 18.3 Å². The van der Waals surface area contributed by atoms with Crippen LogP contribution in [0.25, 0.3) is 0 Å². The predicted octanol–water partition coefficient (Wildman–Crippen LogP) is 2.82. The molecule has 0 N–H and O–H groups in total. The molecular formula is C20H21N3O. The summed E-state index contributed by atoms with van der Waals surface area (Å²) in [7, 11) is 0. The summed E-state index contributed by atoms with van der Waals surface area (Å²) in [5.74, 6) is 0.0158. The molecule has 1 saturated heterocycles. The lowest BCUT2D eigenvalue weighted by atomic mass is 10.1. The largest absolute Gasteiger partial charge is 0.336 e. The lowest BCUT2D eigenvalue weighted by Crippen LogP contribution is -2.48. The smallest absolute Gasteiger partial charge is 0.253 e. The molecule has 0 spiro atoms. The summed E-state index contributed by atoms with van der Waals surface area (Å²) in [5.41, 5.74) is 3.70. The summed E-state index contributed by atoms with van der Waals surface area (Å²) in [4.78, 5) is 16.8. The van der Waals surface area contributed by atoms with Crippen molar-refractivity contribution in [3.05, 3.63) is 70.8 Å². The van der Waals surface area contributed by atoms with Crippen molar-refractivity contribution in [1.82, 2.24) is 9.80 Å². The summed E-state index contributed by atoms with van der Waals surface area (Å²) in [6.07, 6.45) is 0. The lowest BCUT2D eigenvalue weighted by molar-refractivity contribution is 0.0628. The highest BCUT2D eigenvalue weighted by atomic mass is 16.2. The van der Waals surface area contributed by atoms with Gasteiger partial charge in [0.15, 0.2) is 0 Å². The van der Waals surface area contributed by atoms with Crippen LogP contribution >= 0.6 is 0 Å². The maximum Gasteiger partial charge on any atom is 0.253 e. The summed E-state index contributed by atoms with van der Waals surface area (Å²) >= 11 is 0. The van der Waals surface area contributed by atoms with Gasteiger partial charge in [-0.1, -0.05) is 35.9 Å². The topological polar surface area (TPSA) is 47.3 Å². The first-order chi connectivity index (χ1) is 11.7. The van der Waals surface area contributed by atoms with Crippen molar-refractivity contribution in [3.8, 4) is 6.07 Å². The Hall–Kier alpha value is -2.64. The lowest BCUT2D eigenvalue weighted by Gasteiger charge is -2.34. The number of hydrogen-bond acceptors (Lipinski definition) is 3. The normalized spacial score (nSPS) is 15.1. The highest BCUT2D eigenvalue weighted by molar-refractivity contribution is 5.94. The minimum atomic E-state index is 0.0158. The minimum Gasteiger partial charge on any atom is -0.336 e. The fourth-order valence-corrected chi connectivity index (χ4v) is 2.97. The van der Waals surface area contributed by atoms with E-state index in [9.17, 15) is 4.79 Å². The zero-order valence-electron chi connectivity index (χ0n) is 13.9. The number of piperazine rings is 1. The van der Waals surface area contributed by atoms with E-state index in [1.165, 1.54) is 11.1 Å². The third kappa shape index (κ3) is 3.81. The molecule has 3 rings (SSSR count). The Labute approximate surface area is 142 Å². The van der Waals surface area contributed by atoms with Crippen LogP contribution < -0.4 is 0 Å². The van der Waals surface area contributed by atoms with Crippen molar-refractivity contribution in [2.24, 2.45) is 0 Å². The Bertz CT molecular complexity index is 753. The molecule has 4 heteroatoms. The van der Waals surface area contributed by atoms with Crippen molar-refractivity contribution >= 4 is 5.91 Å². The van der Waals surface area contributed by atoms with Crippen molar-refractivity contribution in [3.63, 3.8) is 0 Å². The van der Waals surface area contributed by atoms with Gasteiger partial charge in [0.05, 0.1) is 11.6 Å². The highest BCUT2D eigenvalue weighted by Gasteiger charge is 2.22. The van der Waals surface area contributed by atoms with Gasteiger partial charge in [-0.05, 0) is 30.7 Å². The Morgan fingerprint density at radius 1 is 1.08 bits per heavy atom. The molecule has 0 bridgehead atoms. The standard InChI is InChI=1S/C20H21N3O/c1-16-5-7-17(8-6-16)15-22-9-11-23(12-10-22)20(24)19-4-2-3-18(13-19)14-21/h2-8,13H,9-12,15H2,1H3. The number of aryl methyl sites for hydroxylation is 1. The molecule has 1 heterocycles. The summed E-state index contributed by atoms with van der Waals surface area (Å²) in [6.45, 7) is 6.21. The molecule has 0 aromatic heterocycles. The van der Waals surface area contributed by atoms with Gasteiger partial charge in [0.2, 0.25) is 0 Å². The Kier molecular flexibility index (Phi) is 4.93. The van der Waals surface area contributed by atoms with Gasteiger partial charge in [-0.15, -0.1) is 0 Å². The Balaban J connectivity index is 1.57. The van der Waals surface area contributed by atoms with Crippen LogP contribution in [0.2, 0.25) is 0 Å². The zero-order valence-corrected chi connectivity index (χ0v) is 13.9. The number of rotatable bonds is 3. The van der Waals surface area contributed by atoms with Gasteiger partial charge in [-0.3, -0.25) is 9.69 Å². The molecule has 0 unspecified atom stereocenters. The molecule has 24 heavy (non-hydrogen) atoms. The fraction of sp³-hybridized carbons (Fsp3) is 0.300. The maximum absolute atomic E-state index is 12.6. The second kappa shape index (κ2) is 7.29. The van der Waals surface area contributed by atoms with E-state index in [-0.39, 0.29) is 5.91 Å². The van der Waals surface area contributed by atoms with Gasteiger partial charge in [-0.25, -0.2) is 0 Å². The molecule has 1 aliphatic heterocycles. The van der Waals surface area contributed by atoms with Gasteiger partial charge in [0.25, 0.3) is 5.91 Å². The number of nitriles is 1. The number of carbonyl (C=O) groups excluding carboxylic acids is 1. The predicted molar refractivity (Wildman–Crippen MR) is 93.5 cm³/mol. The van der Waals surface area contributed by atoms with E-state index in [4.69, 9.17) is 5.26 Å². The maximum atomic E-state index is 12.6. The molecule has 0 atom stereocenters. The highest BCUT2D eigenvalue weighted by Crippen LogP contribution is 2.13. The van der Waals surface area contributed by atoms with Crippen LogP contribution in [0.4, 0.5) is 0 Å². The molecule has 2 aromatic carbocycles. The monoisotopic (exact) mass is 319 g/mol. The molecular weight excluding hydrogens is 298 g/mol. The molecule has 0 aliphatic carbocycles. The van der Waals surface area contributed by atoms with E-state index in [0.717, 1.165) is 32.7 Å². The van der Waals surface area contributed by atoms with Crippen LogP contribution in [0.3, 0.4) is 0 Å².